The predicted molar refractivity (Wildman–Crippen MR) is 119 cm³/mol. The van der Waals surface area contributed by atoms with E-state index in [1.807, 2.05) is 72.8 Å². The van der Waals surface area contributed by atoms with Crippen molar-refractivity contribution >= 4 is 0 Å². The van der Waals surface area contributed by atoms with Crippen LogP contribution in [0.25, 0.3) is 45.2 Å². The quantitative estimate of drug-likeness (QED) is 0.374. The van der Waals surface area contributed by atoms with Gasteiger partial charge in [0.05, 0.1) is 11.1 Å². The number of hydrogen-bond donors (Lipinski definition) is 2. The van der Waals surface area contributed by atoms with Crippen molar-refractivity contribution in [1.82, 2.24) is 10.2 Å². The lowest BCUT2D eigenvalue weighted by Crippen LogP contribution is -1.82. The number of aromatic hydroxyl groups is 2. The molecule has 0 unspecified atom stereocenters. The Bertz CT molecular complexity index is 1240. The zero-order chi connectivity index (χ0) is 21.2. The van der Waals surface area contributed by atoms with Gasteiger partial charge < -0.3 is 14.6 Å². The highest BCUT2D eigenvalue weighted by Gasteiger charge is 2.17. The van der Waals surface area contributed by atoms with Crippen LogP contribution in [0, 0.1) is 0 Å². The Morgan fingerprint density at radius 3 is 1.29 bits per heavy atom. The van der Waals surface area contributed by atoms with Crippen LogP contribution in [0.4, 0.5) is 0 Å². The molecule has 150 valence electrons. The molecule has 0 radical (unpaired) electrons. The second-order valence-corrected chi connectivity index (χ2v) is 7.11. The summed E-state index contributed by atoms with van der Waals surface area (Å²) in [4.78, 5) is 0. The maximum Gasteiger partial charge on any atom is 0.251 e. The molecule has 1 heterocycles. The first-order chi connectivity index (χ1) is 15.2. The van der Waals surface area contributed by atoms with Crippen molar-refractivity contribution in [1.29, 1.82) is 0 Å². The molecule has 0 bridgehead atoms. The lowest BCUT2D eigenvalue weighted by atomic mass is 10.0. The Morgan fingerprint density at radius 1 is 0.484 bits per heavy atom. The molecule has 0 amide bonds. The molecule has 0 spiro atoms. The summed E-state index contributed by atoms with van der Waals surface area (Å²) in [6, 6.07) is 30.2. The number of aromatic nitrogens is 2. The van der Waals surface area contributed by atoms with E-state index in [-0.39, 0.29) is 23.3 Å². The minimum atomic E-state index is 0.0419. The number of phenolic OH excluding ortho intramolecular Hbond substituents is 2. The van der Waals surface area contributed by atoms with Crippen LogP contribution >= 0.6 is 0 Å². The summed E-state index contributed by atoms with van der Waals surface area (Å²) < 4.78 is 5.77. The Balaban J connectivity index is 1.45. The van der Waals surface area contributed by atoms with Gasteiger partial charge >= 0.3 is 0 Å². The summed E-state index contributed by atoms with van der Waals surface area (Å²) in [5, 5.41) is 29.2. The molecule has 0 saturated carbocycles. The molecule has 0 fully saturated rings. The van der Waals surface area contributed by atoms with Crippen molar-refractivity contribution in [3.8, 4) is 56.7 Å². The summed E-state index contributed by atoms with van der Waals surface area (Å²) in [6.45, 7) is 0. The van der Waals surface area contributed by atoms with Gasteiger partial charge in [0.15, 0.2) is 0 Å². The molecule has 1 aromatic heterocycles. The van der Waals surface area contributed by atoms with Crippen LogP contribution in [0.5, 0.6) is 11.5 Å². The molecular weight excluding hydrogens is 388 g/mol. The van der Waals surface area contributed by atoms with E-state index in [4.69, 9.17) is 4.42 Å². The van der Waals surface area contributed by atoms with Gasteiger partial charge in [-0.1, -0.05) is 72.8 Å². The zero-order valence-electron chi connectivity index (χ0n) is 16.4. The van der Waals surface area contributed by atoms with E-state index in [1.54, 1.807) is 24.3 Å². The van der Waals surface area contributed by atoms with Crippen molar-refractivity contribution in [3.63, 3.8) is 0 Å². The minimum Gasteiger partial charge on any atom is -0.507 e. The molecule has 0 aliphatic heterocycles. The van der Waals surface area contributed by atoms with E-state index in [2.05, 4.69) is 10.2 Å². The summed E-state index contributed by atoms with van der Waals surface area (Å²) >= 11 is 0. The number of rotatable bonds is 4. The van der Waals surface area contributed by atoms with Gasteiger partial charge in [-0.15, -0.1) is 10.2 Å². The molecule has 31 heavy (non-hydrogen) atoms. The van der Waals surface area contributed by atoms with Gasteiger partial charge in [-0.3, -0.25) is 0 Å². The van der Waals surface area contributed by atoms with E-state index < -0.39 is 0 Å². The van der Waals surface area contributed by atoms with Crippen LogP contribution in [0.1, 0.15) is 0 Å². The Morgan fingerprint density at radius 2 is 0.903 bits per heavy atom. The lowest BCUT2D eigenvalue weighted by Gasteiger charge is -2.06. The van der Waals surface area contributed by atoms with Crippen molar-refractivity contribution in [2.75, 3.05) is 0 Å². The highest BCUT2D eigenvalue weighted by molar-refractivity contribution is 5.75. The minimum absolute atomic E-state index is 0.0419. The molecule has 0 aliphatic carbocycles. The first-order valence-corrected chi connectivity index (χ1v) is 9.80. The van der Waals surface area contributed by atoms with Crippen molar-refractivity contribution < 1.29 is 14.6 Å². The number of phenols is 2. The van der Waals surface area contributed by atoms with Gasteiger partial charge in [0, 0.05) is 0 Å². The van der Waals surface area contributed by atoms with E-state index in [9.17, 15) is 10.2 Å². The van der Waals surface area contributed by atoms with E-state index in [1.165, 1.54) is 0 Å². The lowest BCUT2D eigenvalue weighted by molar-refractivity contribution is 0.470. The number of nitrogens with zero attached hydrogens (tertiary/aromatic N) is 2. The van der Waals surface area contributed by atoms with Crippen molar-refractivity contribution in [3.05, 3.63) is 97.1 Å². The van der Waals surface area contributed by atoms with Crippen LogP contribution in [-0.2, 0) is 0 Å². The van der Waals surface area contributed by atoms with Crippen LogP contribution in [0.15, 0.2) is 101 Å². The highest BCUT2D eigenvalue weighted by Crippen LogP contribution is 2.37. The van der Waals surface area contributed by atoms with Crippen LogP contribution in [0.2, 0.25) is 0 Å². The molecule has 5 aromatic rings. The molecule has 5 nitrogen and oxygen atoms in total. The second-order valence-electron chi connectivity index (χ2n) is 7.11. The predicted octanol–water partition coefficient (Wildman–Crippen LogP) is 6.15. The van der Waals surface area contributed by atoms with Gasteiger partial charge in [0.25, 0.3) is 11.8 Å². The van der Waals surface area contributed by atoms with E-state index in [0.717, 1.165) is 22.3 Å². The molecule has 0 atom stereocenters. The van der Waals surface area contributed by atoms with Crippen LogP contribution in [-0.4, -0.2) is 20.4 Å². The Kier molecular flexibility index (Phi) is 4.69. The maximum absolute atomic E-state index is 10.5. The van der Waals surface area contributed by atoms with Crippen molar-refractivity contribution in [2.45, 2.75) is 0 Å². The van der Waals surface area contributed by atoms with Gasteiger partial charge in [0.2, 0.25) is 0 Å². The third kappa shape index (κ3) is 3.65. The smallest absolute Gasteiger partial charge is 0.251 e. The molecule has 0 aliphatic rings. The normalized spacial score (nSPS) is 10.8. The molecule has 4 aromatic carbocycles. The monoisotopic (exact) mass is 406 g/mol. The fourth-order valence-corrected chi connectivity index (χ4v) is 3.49. The van der Waals surface area contributed by atoms with Gasteiger partial charge in [-0.25, -0.2) is 0 Å². The third-order valence-corrected chi connectivity index (χ3v) is 5.10. The standard InChI is InChI=1S/C26H18N2O3/c29-23-15-19(17-7-3-1-4-8-17)11-13-21(23)25-27-28-26(31-25)22-14-12-20(16-24(22)30)18-9-5-2-6-10-18/h1-16,29-30H. The maximum atomic E-state index is 10.5. The summed E-state index contributed by atoms with van der Waals surface area (Å²) in [7, 11) is 0. The van der Waals surface area contributed by atoms with E-state index >= 15 is 0 Å². The topological polar surface area (TPSA) is 79.4 Å². The van der Waals surface area contributed by atoms with Gasteiger partial charge in [0.1, 0.15) is 11.5 Å². The molecule has 5 heteroatoms. The van der Waals surface area contributed by atoms with Gasteiger partial charge in [-0.05, 0) is 46.5 Å². The molecular formula is C26H18N2O3. The Labute approximate surface area is 178 Å². The van der Waals surface area contributed by atoms with Crippen molar-refractivity contribution in [2.24, 2.45) is 0 Å². The SMILES string of the molecule is Oc1cc(-c2ccccc2)ccc1-c1nnc(-c2ccc(-c3ccccc3)cc2O)o1. The van der Waals surface area contributed by atoms with Gasteiger partial charge in [-0.2, -0.15) is 0 Å². The average Bonchev–Trinajstić information content (AvgIpc) is 3.29. The van der Waals surface area contributed by atoms with Crippen LogP contribution in [0.3, 0.4) is 0 Å². The fourth-order valence-electron chi connectivity index (χ4n) is 3.49. The summed E-state index contributed by atoms with van der Waals surface area (Å²) in [6.07, 6.45) is 0. The summed E-state index contributed by atoms with van der Waals surface area (Å²) in [5.74, 6) is 0.442. The Hall–Kier alpha value is -4.38. The first kappa shape index (κ1) is 18.6. The second kappa shape index (κ2) is 7.80. The number of benzene rings is 4. The van der Waals surface area contributed by atoms with E-state index in [0.29, 0.717) is 11.1 Å². The average molecular weight is 406 g/mol. The molecule has 5 rings (SSSR count). The fraction of sp³-hybridized carbons (Fsp3) is 0. The largest absolute Gasteiger partial charge is 0.507 e. The van der Waals surface area contributed by atoms with Crippen LogP contribution < -0.4 is 0 Å². The summed E-state index contributed by atoms with van der Waals surface area (Å²) in [5.41, 5.74) is 4.63. The third-order valence-electron chi connectivity index (χ3n) is 5.10. The highest BCUT2D eigenvalue weighted by atomic mass is 16.4. The number of hydrogen-bond acceptors (Lipinski definition) is 5. The first-order valence-electron chi connectivity index (χ1n) is 9.80. The molecule has 2 N–H and O–H groups in total. The molecule has 0 saturated heterocycles. The zero-order valence-corrected chi connectivity index (χ0v) is 16.4.